The van der Waals surface area contributed by atoms with Gasteiger partial charge in [0.25, 0.3) is 0 Å². The molecule has 3 rings (SSSR count). The van der Waals surface area contributed by atoms with E-state index in [1.807, 2.05) is 36.4 Å². The normalized spacial score (nSPS) is 15.8. The van der Waals surface area contributed by atoms with Gasteiger partial charge in [0.15, 0.2) is 23.0 Å². The average Bonchev–Trinajstić information content (AvgIpc) is 2.70. The van der Waals surface area contributed by atoms with Crippen molar-refractivity contribution in [2.24, 2.45) is 0 Å². The maximum absolute atomic E-state index is 6.08. The van der Waals surface area contributed by atoms with Crippen molar-refractivity contribution >= 4 is 0 Å². The summed E-state index contributed by atoms with van der Waals surface area (Å²) in [6.07, 6.45) is 0.994. The maximum atomic E-state index is 6.08. The Labute approximate surface area is 155 Å². The largest absolute Gasteiger partial charge is 0.493 e. The summed E-state index contributed by atoms with van der Waals surface area (Å²) < 4.78 is 22.6. The number of hydrogen-bond donors (Lipinski definition) is 0. The van der Waals surface area contributed by atoms with Gasteiger partial charge in [-0.05, 0) is 42.8 Å². The topological polar surface area (TPSA) is 40.2 Å². The number of para-hydroxylation sites is 2. The molecule has 5 nitrogen and oxygen atoms in total. The van der Waals surface area contributed by atoms with Gasteiger partial charge in [-0.15, -0.1) is 0 Å². The van der Waals surface area contributed by atoms with Crippen LogP contribution in [0.25, 0.3) is 0 Å². The minimum Gasteiger partial charge on any atom is -0.493 e. The van der Waals surface area contributed by atoms with E-state index in [4.69, 9.17) is 18.9 Å². The average molecular weight is 357 g/mol. The molecule has 140 valence electrons. The molecule has 0 radical (unpaired) electrons. The van der Waals surface area contributed by atoms with Gasteiger partial charge in [-0.1, -0.05) is 25.1 Å². The SMILES string of the molecule is CCN(CCc1ccc(OC)c(OC)c1)CC1COc2ccccc2O1. The van der Waals surface area contributed by atoms with Crippen LogP contribution in [0.3, 0.4) is 0 Å². The van der Waals surface area contributed by atoms with E-state index >= 15 is 0 Å². The monoisotopic (exact) mass is 357 g/mol. The second-order valence-corrected chi connectivity index (χ2v) is 6.33. The number of rotatable bonds is 8. The van der Waals surface area contributed by atoms with Crippen molar-refractivity contribution in [1.29, 1.82) is 0 Å². The van der Waals surface area contributed by atoms with Gasteiger partial charge in [-0.2, -0.15) is 0 Å². The molecule has 1 heterocycles. The molecular weight excluding hydrogens is 330 g/mol. The Bertz CT molecular complexity index is 719. The Morgan fingerprint density at radius 1 is 1.04 bits per heavy atom. The van der Waals surface area contributed by atoms with E-state index in [1.54, 1.807) is 14.2 Å². The standard InChI is InChI=1S/C21H27NO4/c1-4-22(12-11-16-9-10-18(23-2)21(13-16)24-3)14-17-15-25-19-7-5-6-8-20(19)26-17/h5-10,13,17H,4,11-12,14-15H2,1-3H3. The van der Waals surface area contributed by atoms with Crippen molar-refractivity contribution < 1.29 is 18.9 Å². The quantitative estimate of drug-likeness (QED) is 0.724. The Kier molecular flexibility index (Phi) is 6.23. The van der Waals surface area contributed by atoms with Crippen LogP contribution in [0.5, 0.6) is 23.0 Å². The lowest BCUT2D eigenvalue weighted by Crippen LogP contribution is -2.41. The van der Waals surface area contributed by atoms with Crippen LogP contribution in [-0.2, 0) is 6.42 Å². The third-order valence-electron chi connectivity index (χ3n) is 4.64. The number of ether oxygens (including phenoxy) is 4. The van der Waals surface area contributed by atoms with Crippen LogP contribution in [0.4, 0.5) is 0 Å². The number of methoxy groups -OCH3 is 2. The highest BCUT2D eigenvalue weighted by atomic mass is 16.6. The summed E-state index contributed by atoms with van der Waals surface area (Å²) >= 11 is 0. The molecule has 0 bridgehead atoms. The smallest absolute Gasteiger partial charge is 0.161 e. The Morgan fingerprint density at radius 2 is 1.81 bits per heavy atom. The molecule has 0 N–H and O–H groups in total. The van der Waals surface area contributed by atoms with Crippen molar-refractivity contribution in [3.63, 3.8) is 0 Å². The van der Waals surface area contributed by atoms with Crippen molar-refractivity contribution in [3.8, 4) is 23.0 Å². The minimum atomic E-state index is 0.0512. The molecule has 2 aromatic carbocycles. The molecule has 2 aromatic rings. The van der Waals surface area contributed by atoms with Crippen molar-refractivity contribution in [3.05, 3.63) is 48.0 Å². The summed E-state index contributed by atoms with van der Waals surface area (Å²) in [4.78, 5) is 2.39. The number of hydrogen-bond acceptors (Lipinski definition) is 5. The first-order valence-corrected chi connectivity index (χ1v) is 9.05. The zero-order valence-electron chi connectivity index (χ0n) is 15.7. The molecule has 1 unspecified atom stereocenters. The van der Waals surface area contributed by atoms with Gasteiger partial charge in [0.2, 0.25) is 0 Å². The van der Waals surface area contributed by atoms with E-state index in [2.05, 4.69) is 17.9 Å². The summed E-state index contributed by atoms with van der Waals surface area (Å²) in [5.41, 5.74) is 1.23. The lowest BCUT2D eigenvalue weighted by atomic mass is 10.1. The van der Waals surface area contributed by atoms with Gasteiger partial charge in [-0.25, -0.2) is 0 Å². The predicted octanol–water partition coefficient (Wildman–Crippen LogP) is 3.41. The van der Waals surface area contributed by atoms with Crippen molar-refractivity contribution in [1.82, 2.24) is 4.90 Å². The van der Waals surface area contributed by atoms with Crippen molar-refractivity contribution in [2.45, 2.75) is 19.4 Å². The fraction of sp³-hybridized carbons (Fsp3) is 0.429. The summed E-state index contributed by atoms with van der Waals surface area (Å²) in [5.74, 6) is 3.19. The highest BCUT2D eigenvalue weighted by Crippen LogP contribution is 2.31. The van der Waals surface area contributed by atoms with E-state index in [0.717, 1.165) is 49.1 Å². The number of fused-ring (bicyclic) bond motifs is 1. The molecule has 26 heavy (non-hydrogen) atoms. The summed E-state index contributed by atoms with van der Waals surface area (Å²) in [7, 11) is 3.32. The molecule has 0 saturated heterocycles. The van der Waals surface area contributed by atoms with E-state index in [-0.39, 0.29) is 6.10 Å². The Balaban J connectivity index is 1.55. The first-order chi connectivity index (χ1) is 12.7. The van der Waals surface area contributed by atoms with Gasteiger partial charge < -0.3 is 18.9 Å². The zero-order valence-corrected chi connectivity index (χ0v) is 15.7. The lowest BCUT2D eigenvalue weighted by Gasteiger charge is -2.30. The molecule has 0 aromatic heterocycles. The zero-order chi connectivity index (χ0) is 18.4. The Morgan fingerprint density at radius 3 is 2.54 bits per heavy atom. The van der Waals surface area contributed by atoms with Gasteiger partial charge in [0, 0.05) is 13.1 Å². The van der Waals surface area contributed by atoms with Crippen molar-refractivity contribution in [2.75, 3.05) is 40.5 Å². The van der Waals surface area contributed by atoms with E-state index < -0.39 is 0 Å². The lowest BCUT2D eigenvalue weighted by molar-refractivity contribution is 0.0604. The van der Waals surface area contributed by atoms with Gasteiger partial charge in [0.1, 0.15) is 12.7 Å². The number of nitrogens with zero attached hydrogens (tertiary/aromatic N) is 1. The number of benzene rings is 2. The third kappa shape index (κ3) is 4.41. The molecule has 0 aliphatic carbocycles. The van der Waals surface area contributed by atoms with Gasteiger partial charge in [0.05, 0.1) is 14.2 Å². The fourth-order valence-electron chi connectivity index (χ4n) is 3.14. The van der Waals surface area contributed by atoms with E-state index in [1.165, 1.54) is 5.56 Å². The predicted molar refractivity (Wildman–Crippen MR) is 102 cm³/mol. The molecule has 1 aliphatic heterocycles. The molecule has 0 saturated carbocycles. The molecular formula is C21H27NO4. The minimum absolute atomic E-state index is 0.0512. The van der Waals surface area contributed by atoms with Crippen LogP contribution in [0.15, 0.2) is 42.5 Å². The van der Waals surface area contributed by atoms with Crippen LogP contribution >= 0.6 is 0 Å². The Hall–Kier alpha value is -2.40. The highest BCUT2D eigenvalue weighted by Gasteiger charge is 2.22. The molecule has 1 aliphatic rings. The summed E-state index contributed by atoms with van der Waals surface area (Å²) in [6, 6.07) is 13.9. The molecule has 0 spiro atoms. The van der Waals surface area contributed by atoms with E-state index in [9.17, 15) is 0 Å². The fourth-order valence-corrected chi connectivity index (χ4v) is 3.14. The van der Waals surface area contributed by atoms with Crippen LogP contribution in [0, 0.1) is 0 Å². The third-order valence-corrected chi connectivity index (χ3v) is 4.64. The van der Waals surface area contributed by atoms with Crippen LogP contribution < -0.4 is 18.9 Å². The van der Waals surface area contributed by atoms with Crippen LogP contribution in [-0.4, -0.2) is 51.5 Å². The van der Waals surface area contributed by atoms with Crippen LogP contribution in [0.2, 0.25) is 0 Å². The van der Waals surface area contributed by atoms with Gasteiger partial charge >= 0.3 is 0 Å². The second kappa shape index (κ2) is 8.81. The van der Waals surface area contributed by atoms with Crippen LogP contribution in [0.1, 0.15) is 12.5 Å². The number of likely N-dealkylation sites (N-methyl/N-ethyl adjacent to an activating group) is 1. The highest BCUT2D eigenvalue weighted by molar-refractivity contribution is 5.43. The summed E-state index contributed by atoms with van der Waals surface area (Å²) in [5, 5.41) is 0. The first-order valence-electron chi connectivity index (χ1n) is 9.05. The molecule has 0 amide bonds. The van der Waals surface area contributed by atoms with Gasteiger partial charge in [-0.3, -0.25) is 4.90 Å². The first kappa shape index (κ1) is 18.4. The molecule has 0 fully saturated rings. The molecule has 5 heteroatoms. The molecule has 1 atom stereocenters. The summed E-state index contributed by atoms with van der Waals surface area (Å²) in [6.45, 7) is 5.52. The second-order valence-electron chi connectivity index (χ2n) is 6.33. The van der Waals surface area contributed by atoms with E-state index in [0.29, 0.717) is 6.61 Å². The maximum Gasteiger partial charge on any atom is 0.161 e.